The molecule has 0 aliphatic rings. The van der Waals surface area contributed by atoms with E-state index in [1.807, 2.05) is 0 Å². The summed E-state index contributed by atoms with van der Waals surface area (Å²) < 4.78 is 43.5. The van der Waals surface area contributed by atoms with Gasteiger partial charge in [0.1, 0.15) is 11.9 Å². The Balaban J connectivity index is 1.97. The Labute approximate surface area is 134 Å². The number of hydrogen-bond acceptors (Lipinski definition) is 4. The summed E-state index contributed by atoms with van der Waals surface area (Å²) in [5.41, 5.74) is -1.43. The molecule has 3 N–H and O–H groups in total. The van der Waals surface area contributed by atoms with Gasteiger partial charge < -0.3 is 10.1 Å². The minimum absolute atomic E-state index is 0.0421. The fraction of sp³-hybridized carbons (Fsp3) is 0.357. The molecule has 0 fully saturated rings. The molecule has 1 aromatic carbocycles. The first kappa shape index (κ1) is 17.6. The van der Waals surface area contributed by atoms with Gasteiger partial charge in [-0.15, -0.1) is 5.10 Å². The number of benzene rings is 1. The molecule has 0 unspecified atom stereocenters. The van der Waals surface area contributed by atoms with Gasteiger partial charge in [0.15, 0.2) is 0 Å². The second-order valence-corrected chi connectivity index (χ2v) is 4.91. The number of aromatic amines is 2. The van der Waals surface area contributed by atoms with Gasteiger partial charge in [0, 0.05) is 0 Å². The van der Waals surface area contributed by atoms with Crippen LogP contribution in [0.15, 0.2) is 29.1 Å². The Kier molecular flexibility index (Phi) is 5.27. The topological polar surface area (TPSA) is 99.9 Å². The molecular formula is C14H15F3N4O3. The maximum absolute atomic E-state index is 12.7. The zero-order valence-electron chi connectivity index (χ0n) is 12.6. The van der Waals surface area contributed by atoms with Gasteiger partial charge in [-0.1, -0.05) is 13.0 Å². The van der Waals surface area contributed by atoms with Crippen molar-refractivity contribution in [1.82, 2.24) is 20.5 Å². The summed E-state index contributed by atoms with van der Waals surface area (Å²) in [6.07, 6.45) is -4.54. The minimum atomic E-state index is -4.46. The first-order valence-electron chi connectivity index (χ1n) is 7.06. The number of carbonyl (C=O) groups is 1. The predicted octanol–water partition coefficient (Wildman–Crippen LogP) is 1.70. The number of hydrogen-bond donors (Lipinski definition) is 3. The number of nitrogens with one attached hydrogen (secondary N) is 3. The first-order valence-corrected chi connectivity index (χ1v) is 7.06. The van der Waals surface area contributed by atoms with Crippen molar-refractivity contribution in [1.29, 1.82) is 0 Å². The quantitative estimate of drug-likeness (QED) is 0.743. The average Bonchev–Trinajstić information content (AvgIpc) is 2.97. The van der Waals surface area contributed by atoms with Crippen LogP contribution in [0.25, 0.3) is 0 Å². The fourth-order valence-electron chi connectivity index (χ4n) is 1.88. The summed E-state index contributed by atoms with van der Waals surface area (Å²) in [5.74, 6) is -0.757. The maximum Gasteiger partial charge on any atom is 0.416 e. The predicted molar refractivity (Wildman–Crippen MR) is 77.7 cm³/mol. The Bertz CT molecular complexity index is 754. The fourth-order valence-corrected chi connectivity index (χ4v) is 1.88. The summed E-state index contributed by atoms with van der Waals surface area (Å²) in [6, 6.07) is 4.50. The standard InChI is InChI=1S/C14H15F3N4O3/c1-2-9(7-18-12(22)11-19-13(23)21-20-11)24-10-5-3-4-8(6-10)14(15,16)17/h3-6,9H,2,7H2,1H3,(H,18,22)(H2,19,20,21,23)/t9-/m1/s1. The molecule has 2 rings (SSSR count). The van der Waals surface area contributed by atoms with Crippen molar-refractivity contribution >= 4 is 5.91 Å². The number of rotatable bonds is 6. The molecule has 0 aliphatic heterocycles. The van der Waals surface area contributed by atoms with Crippen molar-refractivity contribution in [2.45, 2.75) is 25.6 Å². The van der Waals surface area contributed by atoms with Crippen molar-refractivity contribution in [3.63, 3.8) is 0 Å². The number of halogens is 3. The summed E-state index contributed by atoms with van der Waals surface area (Å²) >= 11 is 0. The number of nitrogens with zero attached hydrogens (tertiary/aromatic N) is 1. The monoisotopic (exact) mass is 344 g/mol. The third kappa shape index (κ3) is 4.61. The third-order valence-corrected chi connectivity index (χ3v) is 3.13. The van der Waals surface area contributed by atoms with Crippen LogP contribution in [0.4, 0.5) is 13.2 Å². The van der Waals surface area contributed by atoms with Gasteiger partial charge >= 0.3 is 11.9 Å². The van der Waals surface area contributed by atoms with E-state index in [4.69, 9.17) is 4.74 Å². The lowest BCUT2D eigenvalue weighted by Gasteiger charge is -2.18. The molecule has 130 valence electrons. The van der Waals surface area contributed by atoms with E-state index in [2.05, 4.69) is 20.5 Å². The smallest absolute Gasteiger partial charge is 0.416 e. The molecule has 1 heterocycles. The van der Waals surface area contributed by atoms with E-state index >= 15 is 0 Å². The Morgan fingerprint density at radius 3 is 2.75 bits per heavy atom. The number of H-pyrrole nitrogens is 2. The van der Waals surface area contributed by atoms with E-state index in [0.717, 1.165) is 12.1 Å². The molecule has 0 bridgehead atoms. The van der Waals surface area contributed by atoms with Crippen molar-refractivity contribution < 1.29 is 22.7 Å². The molecule has 1 amide bonds. The summed E-state index contributed by atoms with van der Waals surface area (Å²) in [5, 5.41) is 8.01. The average molecular weight is 344 g/mol. The Morgan fingerprint density at radius 1 is 1.42 bits per heavy atom. The van der Waals surface area contributed by atoms with E-state index in [1.54, 1.807) is 6.92 Å². The van der Waals surface area contributed by atoms with Gasteiger partial charge in [0.2, 0.25) is 5.82 Å². The summed E-state index contributed by atoms with van der Waals surface area (Å²) in [7, 11) is 0. The van der Waals surface area contributed by atoms with Crippen LogP contribution in [0, 0.1) is 0 Å². The Hall–Kier alpha value is -2.78. The zero-order valence-corrected chi connectivity index (χ0v) is 12.6. The van der Waals surface area contributed by atoms with Crippen LogP contribution in [-0.2, 0) is 6.18 Å². The molecule has 0 saturated heterocycles. The molecule has 1 aromatic heterocycles. The van der Waals surface area contributed by atoms with Crippen molar-refractivity contribution in [2.24, 2.45) is 0 Å². The highest BCUT2D eigenvalue weighted by molar-refractivity contribution is 5.90. The van der Waals surface area contributed by atoms with Gasteiger partial charge in [0.25, 0.3) is 5.91 Å². The molecule has 0 saturated carbocycles. The third-order valence-electron chi connectivity index (χ3n) is 3.13. The highest BCUT2D eigenvalue weighted by atomic mass is 19.4. The van der Waals surface area contributed by atoms with E-state index in [-0.39, 0.29) is 18.1 Å². The van der Waals surface area contributed by atoms with Gasteiger partial charge in [-0.25, -0.2) is 9.89 Å². The normalized spacial score (nSPS) is 12.7. The van der Waals surface area contributed by atoms with E-state index in [0.29, 0.717) is 6.42 Å². The van der Waals surface area contributed by atoms with Crippen molar-refractivity contribution in [3.8, 4) is 5.75 Å². The summed E-state index contributed by atoms with van der Waals surface area (Å²) in [4.78, 5) is 24.8. The van der Waals surface area contributed by atoms with Crippen LogP contribution in [0.2, 0.25) is 0 Å². The van der Waals surface area contributed by atoms with Crippen LogP contribution in [-0.4, -0.2) is 33.7 Å². The number of carbonyl (C=O) groups excluding carboxylic acids is 1. The SMILES string of the molecule is CC[C@H](CNC(=O)c1n[nH]c(=O)[nH]1)Oc1cccc(C(F)(F)F)c1. The highest BCUT2D eigenvalue weighted by Crippen LogP contribution is 2.31. The van der Waals surface area contributed by atoms with Gasteiger partial charge in [-0.3, -0.25) is 9.78 Å². The second kappa shape index (κ2) is 7.20. The molecule has 0 aliphatic carbocycles. The first-order chi connectivity index (χ1) is 11.3. The largest absolute Gasteiger partial charge is 0.489 e. The minimum Gasteiger partial charge on any atom is -0.489 e. The summed E-state index contributed by atoms with van der Waals surface area (Å²) in [6.45, 7) is 1.81. The van der Waals surface area contributed by atoms with E-state index in [9.17, 15) is 22.8 Å². The van der Waals surface area contributed by atoms with Crippen LogP contribution in [0.1, 0.15) is 29.5 Å². The molecule has 2 aromatic rings. The molecule has 10 heteroatoms. The molecular weight excluding hydrogens is 329 g/mol. The molecule has 24 heavy (non-hydrogen) atoms. The highest BCUT2D eigenvalue weighted by Gasteiger charge is 2.30. The van der Waals surface area contributed by atoms with Crippen molar-refractivity contribution in [3.05, 3.63) is 46.1 Å². The lowest BCUT2D eigenvalue weighted by Crippen LogP contribution is -2.35. The van der Waals surface area contributed by atoms with E-state index in [1.165, 1.54) is 12.1 Å². The molecule has 0 spiro atoms. The molecule has 1 atom stereocenters. The second-order valence-electron chi connectivity index (χ2n) is 4.91. The van der Waals surface area contributed by atoms with Gasteiger partial charge in [-0.05, 0) is 24.6 Å². The van der Waals surface area contributed by atoms with Crippen molar-refractivity contribution in [2.75, 3.05) is 6.54 Å². The van der Waals surface area contributed by atoms with Crippen LogP contribution >= 0.6 is 0 Å². The number of amides is 1. The Morgan fingerprint density at radius 2 is 2.17 bits per heavy atom. The van der Waals surface area contributed by atoms with Gasteiger partial charge in [0.05, 0.1) is 12.1 Å². The van der Waals surface area contributed by atoms with Crippen LogP contribution < -0.4 is 15.7 Å². The lowest BCUT2D eigenvalue weighted by molar-refractivity contribution is -0.137. The maximum atomic E-state index is 12.7. The molecule has 7 nitrogen and oxygen atoms in total. The number of alkyl halides is 3. The van der Waals surface area contributed by atoms with Crippen LogP contribution in [0.3, 0.4) is 0 Å². The lowest BCUT2D eigenvalue weighted by atomic mass is 10.2. The molecule has 0 radical (unpaired) electrons. The van der Waals surface area contributed by atoms with Gasteiger partial charge in [-0.2, -0.15) is 13.2 Å². The van der Waals surface area contributed by atoms with Crippen LogP contribution in [0.5, 0.6) is 5.75 Å². The van der Waals surface area contributed by atoms with E-state index < -0.39 is 29.4 Å². The number of ether oxygens (including phenoxy) is 1. The zero-order chi connectivity index (χ0) is 17.7. The number of aromatic nitrogens is 3.